The Hall–Kier alpha value is -2.54. The van der Waals surface area contributed by atoms with Crippen LogP contribution in [-0.2, 0) is 5.60 Å². The molecule has 0 amide bonds. The zero-order chi connectivity index (χ0) is 16.7. The SMILES string of the molecule is CC(C)c1cc2ccccc2c2c1C=CC(C)(c1ccccc1)O2. The molecule has 0 aliphatic carbocycles. The maximum absolute atomic E-state index is 6.62. The first kappa shape index (κ1) is 15.0. The second-order valence-corrected chi connectivity index (χ2v) is 6.99. The standard InChI is InChI=1S/C23H22O/c1-16(2)21-15-17-9-7-8-12-19(17)22-20(21)13-14-23(3,24-22)18-10-5-4-6-11-18/h4-16H,1-3H3. The molecule has 0 radical (unpaired) electrons. The van der Waals surface area contributed by atoms with Crippen LogP contribution >= 0.6 is 0 Å². The monoisotopic (exact) mass is 314 g/mol. The largest absolute Gasteiger partial charge is 0.477 e. The predicted molar refractivity (Wildman–Crippen MR) is 101 cm³/mol. The fraction of sp³-hybridized carbons (Fsp3) is 0.217. The zero-order valence-corrected chi connectivity index (χ0v) is 14.4. The van der Waals surface area contributed by atoms with Crippen molar-refractivity contribution in [2.24, 2.45) is 0 Å². The summed E-state index contributed by atoms with van der Waals surface area (Å²) < 4.78 is 6.62. The highest BCUT2D eigenvalue weighted by Crippen LogP contribution is 2.44. The Morgan fingerprint density at radius 2 is 1.62 bits per heavy atom. The molecule has 0 aromatic heterocycles. The van der Waals surface area contributed by atoms with Crippen LogP contribution in [0.5, 0.6) is 5.75 Å². The number of rotatable bonds is 2. The number of ether oxygens (including phenoxy) is 1. The molecule has 24 heavy (non-hydrogen) atoms. The van der Waals surface area contributed by atoms with Gasteiger partial charge in [0.15, 0.2) is 0 Å². The minimum atomic E-state index is -0.438. The van der Waals surface area contributed by atoms with Crippen molar-refractivity contribution in [3.63, 3.8) is 0 Å². The molecule has 4 rings (SSSR count). The van der Waals surface area contributed by atoms with E-state index in [2.05, 4.69) is 87.5 Å². The van der Waals surface area contributed by atoms with E-state index in [4.69, 9.17) is 4.74 Å². The molecule has 0 saturated carbocycles. The average molecular weight is 314 g/mol. The summed E-state index contributed by atoms with van der Waals surface area (Å²) >= 11 is 0. The molecule has 1 heterocycles. The molecule has 0 bridgehead atoms. The van der Waals surface area contributed by atoms with E-state index >= 15 is 0 Å². The van der Waals surface area contributed by atoms with Gasteiger partial charge in [-0.2, -0.15) is 0 Å². The molecule has 1 aliphatic rings. The van der Waals surface area contributed by atoms with E-state index in [1.807, 2.05) is 6.07 Å². The van der Waals surface area contributed by atoms with Crippen molar-refractivity contribution in [3.8, 4) is 5.75 Å². The number of hydrogen-bond acceptors (Lipinski definition) is 1. The Balaban J connectivity index is 1.95. The third-order valence-electron chi connectivity index (χ3n) is 4.92. The summed E-state index contributed by atoms with van der Waals surface area (Å²) in [7, 11) is 0. The van der Waals surface area contributed by atoms with E-state index in [1.165, 1.54) is 27.5 Å². The van der Waals surface area contributed by atoms with Crippen molar-refractivity contribution >= 4 is 16.8 Å². The third kappa shape index (κ3) is 2.32. The predicted octanol–water partition coefficient (Wildman–Crippen LogP) is 6.28. The van der Waals surface area contributed by atoms with Gasteiger partial charge >= 0.3 is 0 Å². The third-order valence-corrected chi connectivity index (χ3v) is 4.92. The van der Waals surface area contributed by atoms with Gasteiger partial charge < -0.3 is 4.74 Å². The van der Waals surface area contributed by atoms with Crippen molar-refractivity contribution in [3.05, 3.63) is 83.4 Å². The van der Waals surface area contributed by atoms with E-state index in [1.54, 1.807) is 0 Å². The number of hydrogen-bond donors (Lipinski definition) is 0. The first-order valence-electron chi connectivity index (χ1n) is 8.58. The number of benzene rings is 3. The summed E-state index contributed by atoms with van der Waals surface area (Å²) in [6, 6.07) is 21.2. The van der Waals surface area contributed by atoms with Gasteiger partial charge in [0.25, 0.3) is 0 Å². The molecule has 0 spiro atoms. The zero-order valence-electron chi connectivity index (χ0n) is 14.4. The van der Waals surface area contributed by atoms with Gasteiger partial charge in [-0.15, -0.1) is 0 Å². The van der Waals surface area contributed by atoms with Crippen LogP contribution in [0.25, 0.3) is 16.8 Å². The lowest BCUT2D eigenvalue weighted by Crippen LogP contribution is -2.29. The van der Waals surface area contributed by atoms with Crippen LogP contribution in [0.3, 0.4) is 0 Å². The van der Waals surface area contributed by atoms with Crippen molar-refractivity contribution in [1.29, 1.82) is 0 Å². The van der Waals surface area contributed by atoms with Crippen LogP contribution in [-0.4, -0.2) is 0 Å². The van der Waals surface area contributed by atoms with Crippen molar-refractivity contribution in [2.75, 3.05) is 0 Å². The summed E-state index contributed by atoms with van der Waals surface area (Å²) in [5.41, 5.74) is 3.30. The molecule has 1 nitrogen and oxygen atoms in total. The normalized spacial score (nSPS) is 19.3. The van der Waals surface area contributed by atoms with E-state index in [0.717, 1.165) is 5.75 Å². The van der Waals surface area contributed by atoms with Crippen LogP contribution in [0.2, 0.25) is 0 Å². The Kier molecular flexibility index (Phi) is 3.45. The van der Waals surface area contributed by atoms with E-state index in [-0.39, 0.29) is 0 Å². The Labute approximate surface area is 143 Å². The quantitative estimate of drug-likeness (QED) is 0.540. The van der Waals surface area contributed by atoms with Gasteiger partial charge in [-0.1, -0.05) is 80.6 Å². The lowest BCUT2D eigenvalue weighted by atomic mass is 9.87. The van der Waals surface area contributed by atoms with Gasteiger partial charge in [-0.3, -0.25) is 0 Å². The molecule has 120 valence electrons. The lowest BCUT2D eigenvalue weighted by molar-refractivity contribution is 0.140. The Bertz CT molecular complexity index is 921. The summed E-state index contributed by atoms with van der Waals surface area (Å²) in [6.07, 6.45) is 4.43. The first-order chi connectivity index (χ1) is 11.6. The molecule has 0 saturated heterocycles. The summed E-state index contributed by atoms with van der Waals surface area (Å²) in [5.74, 6) is 1.46. The highest BCUT2D eigenvalue weighted by Gasteiger charge is 2.31. The molecular formula is C23H22O. The molecule has 1 atom stereocenters. The van der Waals surface area contributed by atoms with Crippen LogP contribution in [0, 0.1) is 0 Å². The van der Waals surface area contributed by atoms with Gasteiger partial charge in [0.2, 0.25) is 0 Å². The first-order valence-corrected chi connectivity index (χ1v) is 8.58. The summed E-state index contributed by atoms with van der Waals surface area (Å²) in [5, 5.41) is 2.43. The van der Waals surface area contributed by atoms with E-state index < -0.39 is 5.60 Å². The summed E-state index contributed by atoms with van der Waals surface area (Å²) in [4.78, 5) is 0. The molecule has 0 fully saturated rings. The minimum absolute atomic E-state index is 0.438. The molecule has 0 N–H and O–H groups in total. The minimum Gasteiger partial charge on any atom is -0.477 e. The second-order valence-electron chi connectivity index (χ2n) is 6.99. The van der Waals surface area contributed by atoms with Crippen LogP contribution in [0.15, 0.2) is 66.7 Å². The molecule has 3 aromatic carbocycles. The maximum atomic E-state index is 6.62. The van der Waals surface area contributed by atoms with Gasteiger partial charge in [0, 0.05) is 10.9 Å². The van der Waals surface area contributed by atoms with Gasteiger partial charge in [-0.25, -0.2) is 0 Å². The fourth-order valence-electron chi connectivity index (χ4n) is 3.52. The molecule has 3 aromatic rings. The highest BCUT2D eigenvalue weighted by atomic mass is 16.5. The fourth-order valence-corrected chi connectivity index (χ4v) is 3.52. The highest BCUT2D eigenvalue weighted by molar-refractivity contribution is 5.94. The van der Waals surface area contributed by atoms with Crippen LogP contribution in [0.4, 0.5) is 0 Å². The molecule has 1 unspecified atom stereocenters. The van der Waals surface area contributed by atoms with Gasteiger partial charge in [0.1, 0.15) is 11.4 Å². The smallest absolute Gasteiger partial charge is 0.150 e. The van der Waals surface area contributed by atoms with E-state index in [9.17, 15) is 0 Å². The van der Waals surface area contributed by atoms with Gasteiger partial charge in [0.05, 0.1) is 0 Å². The molecular weight excluding hydrogens is 292 g/mol. The Morgan fingerprint density at radius 3 is 2.38 bits per heavy atom. The van der Waals surface area contributed by atoms with Crippen molar-refractivity contribution in [2.45, 2.75) is 32.3 Å². The average Bonchev–Trinajstić information content (AvgIpc) is 2.61. The Morgan fingerprint density at radius 1 is 0.917 bits per heavy atom. The lowest BCUT2D eigenvalue weighted by Gasteiger charge is -2.34. The van der Waals surface area contributed by atoms with E-state index in [0.29, 0.717) is 5.92 Å². The maximum Gasteiger partial charge on any atom is 0.150 e. The topological polar surface area (TPSA) is 9.23 Å². The molecule has 1 heteroatoms. The second kappa shape index (κ2) is 5.52. The number of fused-ring (bicyclic) bond motifs is 3. The van der Waals surface area contributed by atoms with Crippen LogP contribution < -0.4 is 4.74 Å². The van der Waals surface area contributed by atoms with Crippen molar-refractivity contribution in [1.82, 2.24) is 0 Å². The molecule has 1 aliphatic heterocycles. The van der Waals surface area contributed by atoms with Gasteiger partial charge in [-0.05, 0) is 35.4 Å². The van der Waals surface area contributed by atoms with Crippen LogP contribution in [0.1, 0.15) is 43.4 Å². The summed E-state index contributed by atoms with van der Waals surface area (Å²) in [6.45, 7) is 6.62. The van der Waals surface area contributed by atoms with Crippen molar-refractivity contribution < 1.29 is 4.74 Å².